The van der Waals surface area contributed by atoms with Crippen molar-refractivity contribution in [1.29, 1.82) is 0 Å². The van der Waals surface area contributed by atoms with Crippen molar-refractivity contribution in [2.45, 2.75) is 84.5 Å². The molecule has 0 aliphatic heterocycles. The number of hydrogen-bond donors (Lipinski definition) is 4. The van der Waals surface area contributed by atoms with E-state index in [0.29, 0.717) is 23.2 Å². The molecule has 3 aromatic rings. The zero-order valence-electron chi connectivity index (χ0n) is 25.6. The summed E-state index contributed by atoms with van der Waals surface area (Å²) in [6.45, 7) is 10.5. The average molecular weight is 591 g/mol. The SMILES string of the molecule is CCC(C)N(C(=O)C(CCC(N)=O)NC(=O)OC(C)(C)C)C(C(=O)Nc1ccc2ccccc2c1)c1ccc(O)c(C)c1. The number of phenols is 1. The molecule has 3 unspecified atom stereocenters. The summed E-state index contributed by atoms with van der Waals surface area (Å²) in [5.74, 6) is -1.66. The molecule has 0 heterocycles. The molecule has 0 aliphatic rings. The normalized spacial score (nSPS) is 13.4. The van der Waals surface area contributed by atoms with Crippen LogP contribution in [-0.4, -0.2) is 51.5 Å². The number of carbonyl (C=O) groups excluding carboxylic acids is 4. The first-order valence-electron chi connectivity index (χ1n) is 14.4. The van der Waals surface area contributed by atoms with Crippen LogP contribution in [0.1, 0.15) is 71.0 Å². The van der Waals surface area contributed by atoms with Crippen LogP contribution >= 0.6 is 0 Å². The second kappa shape index (κ2) is 14.0. The van der Waals surface area contributed by atoms with Crippen molar-refractivity contribution in [3.05, 3.63) is 71.8 Å². The molecule has 0 bridgehead atoms. The van der Waals surface area contributed by atoms with Gasteiger partial charge in [0.25, 0.3) is 5.91 Å². The van der Waals surface area contributed by atoms with Crippen molar-refractivity contribution in [2.75, 3.05) is 5.32 Å². The second-order valence-electron chi connectivity index (χ2n) is 11.7. The standard InChI is InChI=1S/C33H42N4O6/c1-7-21(3)37(31(41)26(15-17-28(34)39)36-32(42)43-33(4,5)6)29(24-13-16-27(38)20(2)18-24)30(40)35-25-14-12-22-10-8-9-11-23(22)19-25/h8-14,16,18-19,21,26,29,38H,7,15,17H2,1-6H3,(H2,34,39)(H,35,40)(H,36,42). The van der Waals surface area contributed by atoms with Crippen molar-refractivity contribution >= 4 is 40.3 Å². The quantitative estimate of drug-likeness (QED) is 0.237. The van der Waals surface area contributed by atoms with Crippen LogP contribution in [0.15, 0.2) is 60.7 Å². The van der Waals surface area contributed by atoms with E-state index in [9.17, 15) is 24.3 Å². The number of anilines is 1. The summed E-state index contributed by atoms with van der Waals surface area (Å²) in [4.78, 5) is 54.4. The summed E-state index contributed by atoms with van der Waals surface area (Å²) < 4.78 is 5.38. The molecule has 230 valence electrons. The highest BCUT2D eigenvalue weighted by atomic mass is 16.6. The Morgan fingerprint density at radius 1 is 1.00 bits per heavy atom. The highest BCUT2D eigenvalue weighted by Crippen LogP contribution is 2.31. The first-order valence-corrected chi connectivity index (χ1v) is 14.4. The number of aromatic hydroxyl groups is 1. The van der Waals surface area contributed by atoms with Crippen molar-refractivity contribution in [3.63, 3.8) is 0 Å². The molecule has 0 aliphatic carbocycles. The Morgan fingerprint density at radius 2 is 1.67 bits per heavy atom. The zero-order chi connectivity index (χ0) is 31.9. The van der Waals surface area contributed by atoms with Gasteiger partial charge in [0.05, 0.1) is 0 Å². The summed E-state index contributed by atoms with van der Waals surface area (Å²) in [5.41, 5.74) is 6.09. The van der Waals surface area contributed by atoms with Gasteiger partial charge in [-0.3, -0.25) is 14.4 Å². The fourth-order valence-electron chi connectivity index (χ4n) is 4.73. The summed E-state index contributed by atoms with van der Waals surface area (Å²) in [5, 5.41) is 17.7. The van der Waals surface area contributed by atoms with Crippen molar-refractivity contribution in [1.82, 2.24) is 10.2 Å². The number of benzene rings is 3. The maximum absolute atomic E-state index is 14.3. The number of aryl methyl sites for hydroxylation is 1. The van der Waals surface area contributed by atoms with Gasteiger partial charge >= 0.3 is 6.09 Å². The third-order valence-corrected chi connectivity index (χ3v) is 7.07. The average Bonchev–Trinajstić information content (AvgIpc) is 2.93. The van der Waals surface area contributed by atoms with E-state index in [4.69, 9.17) is 10.5 Å². The number of nitrogens with one attached hydrogen (secondary N) is 2. The van der Waals surface area contributed by atoms with Crippen molar-refractivity contribution in [3.8, 4) is 5.75 Å². The van der Waals surface area contributed by atoms with Gasteiger partial charge in [0.15, 0.2) is 0 Å². The maximum atomic E-state index is 14.3. The van der Waals surface area contributed by atoms with Gasteiger partial charge in [-0.25, -0.2) is 4.79 Å². The minimum Gasteiger partial charge on any atom is -0.508 e. The molecular weight excluding hydrogens is 548 g/mol. The maximum Gasteiger partial charge on any atom is 0.408 e. The molecule has 0 fully saturated rings. The van der Waals surface area contributed by atoms with Crippen LogP contribution in [0.25, 0.3) is 10.8 Å². The molecule has 0 saturated carbocycles. The van der Waals surface area contributed by atoms with Gasteiger partial charge in [0.2, 0.25) is 11.8 Å². The highest BCUT2D eigenvalue weighted by molar-refractivity contribution is 6.00. The minimum atomic E-state index is -1.20. The first kappa shape index (κ1) is 32.9. The Balaban J connectivity index is 2.08. The lowest BCUT2D eigenvalue weighted by atomic mass is 9.97. The fraction of sp³-hybridized carbons (Fsp3) is 0.394. The summed E-state index contributed by atoms with van der Waals surface area (Å²) in [7, 11) is 0. The molecule has 0 aromatic heterocycles. The third-order valence-electron chi connectivity index (χ3n) is 7.07. The van der Waals surface area contributed by atoms with Gasteiger partial charge < -0.3 is 31.1 Å². The number of rotatable bonds is 11. The number of carbonyl (C=O) groups is 4. The van der Waals surface area contributed by atoms with Crippen LogP contribution in [0.4, 0.5) is 10.5 Å². The molecule has 5 N–H and O–H groups in total. The predicted molar refractivity (Wildman–Crippen MR) is 166 cm³/mol. The number of alkyl carbamates (subject to hydrolysis) is 1. The molecule has 0 radical (unpaired) electrons. The smallest absolute Gasteiger partial charge is 0.408 e. The number of phenolic OH excluding ortho intramolecular Hbond substituents is 1. The largest absolute Gasteiger partial charge is 0.508 e. The number of primary amides is 1. The van der Waals surface area contributed by atoms with Crippen LogP contribution in [0, 0.1) is 6.92 Å². The van der Waals surface area contributed by atoms with E-state index in [2.05, 4.69) is 10.6 Å². The van der Waals surface area contributed by atoms with Crippen molar-refractivity contribution < 1.29 is 29.0 Å². The van der Waals surface area contributed by atoms with Crippen LogP contribution in [-0.2, 0) is 19.1 Å². The Bertz CT molecular complexity index is 1480. The van der Waals surface area contributed by atoms with E-state index in [1.54, 1.807) is 52.8 Å². The van der Waals surface area contributed by atoms with Crippen LogP contribution < -0.4 is 16.4 Å². The lowest BCUT2D eigenvalue weighted by Crippen LogP contribution is -2.55. The molecule has 0 spiro atoms. The molecule has 10 nitrogen and oxygen atoms in total. The lowest BCUT2D eigenvalue weighted by molar-refractivity contribution is -0.143. The molecule has 4 amide bonds. The zero-order valence-corrected chi connectivity index (χ0v) is 25.6. The Morgan fingerprint density at radius 3 is 2.28 bits per heavy atom. The van der Waals surface area contributed by atoms with Crippen LogP contribution in [0.3, 0.4) is 0 Å². The van der Waals surface area contributed by atoms with E-state index in [0.717, 1.165) is 10.8 Å². The second-order valence-corrected chi connectivity index (χ2v) is 11.7. The number of fused-ring (bicyclic) bond motifs is 1. The van der Waals surface area contributed by atoms with E-state index < -0.39 is 47.5 Å². The van der Waals surface area contributed by atoms with E-state index in [1.807, 2.05) is 43.3 Å². The van der Waals surface area contributed by atoms with Gasteiger partial charge in [-0.05, 0) is 93.6 Å². The molecule has 3 rings (SSSR count). The van der Waals surface area contributed by atoms with Crippen LogP contribution in [0.5, 0.6) is 5.75 Å². The highest BCUT2D eigenvalue weighted by Gasteiger charge is 2.39. The van der Waals surface area contributed by atoms with Gasteiger partial charge in [0, 0.05) is 18.2 Å². The van der Waals surface area contributed by atoms with Gasteiger partial charge in [0.1, 0.15) is 23.4 Å². The molecule has 10 heteroatoms. The molecule has 43 heavy (non-hydrogen) atoms. The minimum absolute atomic E-state index is 0.0461. The monoisotopic (exact) mass is 590 g/mol. The van der Waals surface area contributed by atoms with Gasteiger partial charge in [-0.2, -0.15) is 0 Å². The van der Waals surface area contributed by atoms with E-state index >= 15 is 0 Å². The fourth-order valence-corrected chi connectivity index (χ4v) is 4.73. The van der Waals surface area contributed by atoms with Gasteiger partial charge in [-0.1, -0.05) is 43.3 Å². The number of amides is 4. The number of nitrogens with zero attached hydrogens (tertiary/aromatic N) is 1. The van der Waals surface area contributed by atoms with Crippen molar-refractivity contribution in [2.24, 2.45) is 5.73 Å². The Labute approximate surface area is 252 Å². The molecule has 3 aromatic carbocycles. The first-order chi connectivity index (χ1) is 20.2. The molecular formula is C33H42N4O6. The van der Waals surface area contributed by atoms with Crippen LogP contribution in [0.2, 0.25) is 0 Å². The summed E-state index contributed by atoms with van der Waals surface area (Å²) in [6, 6.07) is 15.2. The Hall–Kier alpha value is -4.60. The molecule has 3 atom stereocenters. The Kier molecular flexibility index (Phi) is 10.7. The number of ether oxygens (including phenoxy) is 1. The summed E-state index contributed by atoms with van der Waals surface area (Å²) in [6.07, 6.45) is -0.615. The number of nitrogens with two attached hydrogens (primary N) is 1. The predicted octanol–water partition coefficient (Wildman–Crippen LogP) is 5.32. The van der Waals surface area contributed by atoms with E-state index in [-0.39, 0.29) is 18.6 Å². The number of hydrogen-bond acceptors (Lipinski definition) is 6. The lowest BCUT2D eigenvalue weighted by Gasteiger charge is -2.38. The summed E-state index contributed by atoms with van der Waals surface area (Å²) >= 11 is 0. The molecule has 0 saturated heterocycles. The van der Waals surface area contributed by atoms with E-state index in [1.165, 1.54) is 11.0 Å². The topological polar surface area (TPSA) is 151 Å². The third kappa shape index (κ3) is 8.94. The van der Waals surface area contributed by atoms with Gasteiger partial charge in [-0.15, -0.1) is 0 Å².